The van der Waals surface area contributed by atoms with Crippen molar-refractivity contribution < 1.29 is 8.78 Å². The molecule has 0 radical (unpaired) electrons. The van der Waals surface area contributed by atoms with Gasteiger partial charge in [0.05, 0.1) is 5.02 Å². The first kappa shape index (κ1) is 12.7. The van der Waals surface area contributed by atoms with Crippen LogP contribution in [-0.4, -0.2) is 31.1 Å². The summed E-state index contributed by atoms with van der Waals surface area (Å²) in [4.78, 5) is 2.10. The predicted molar refractivity (Wildman–Crippen MR) is 64.2 cm³/mol. The van der Waals surface area contributed by atoms with Crippen LogP contribution in [0.15, 0.2) is 12.1 Å². The SMILES string of the molecule is C[C@H](c1c(F)ccc(F)c1Cl)N1CCNCC1. The Bertz CT molecular complexity index is 406. The van der Waals surface area contributed by atoms with Gasteiger partial charge in [-0.3, -0.25) is 4.90 Å². The number of benzene rings is 1. The van der Waals surface area contributed by atoms with Crippen molar-refractivity contribution >= 4 is 11.6 Å². The molecule has 1 atom stereocenters. The fraction of sp³-hybridized carbons (Fsp3) is 0.500. The van der Waals surface area contributed by atoms with Crippen LogP contribution in [0.25, 0.3) is 0 Å². The van der Waals surface area contributed by atoms with Crippen molar-refractivity contribution in [3.63, 3.8) is 0 Å². The molecule has 0 aromatic heterocycles. The van der Waals surface area contributed by atoms with E-state index in [9.17, 15) is 8.78 Å². The Labute approximate surface area is 105 Å². The van der Waals surface area contributed by atoms with Crippen molar-refractivity contribution in [2.24, 2.45) is 0 Å². The van der Waals surface area contributed by atoms with Crippen LogP contribution >= 0.6 is 11.6 Å². The smallest absolute Gasteiger partial charge is 0.142 e. The van der Waals surface area contributed by atoms with Crippen LogP contribution in [0, 0.1) is 11.6 Å². The maximum absolute atomic E-state index is 13.7. The Balaban J connectivity index is 2.29. The first-order valence-corrected chi connectivity index (χ1v) is 6.07. The lowest BCUT2D eigenvalue weighted by Gasteiger charge is -2.33. The highest BCUT2D eigenvalue weighted by atomic mass is 35.5. The molecule has 1 aromatic rings. The molecular weight excluding hydrogens is 246 g/mol. The van der Waals surface area contributed by atoms with Crippen LogP contribution in [0.2, 0.25) is 5.02 Å². The van der Waals surface area contributed by atoms with Crippen molar-refractivity contribution in [1.29, 1.82) is 0 Å². The molecule has 0 aliphatic carbocycles. The van der Waals surface area contributed by atoms with E-state index in [2.05, 4.69) is 10.2 Å². The molecule has 1 aliphatic heterocycles. The number of rotatable bonds is 2. The predicted octanol–water partition coefficient (Wildman–Crippen LogP) is 2.58. The van der Waals surface area contributed by atoms with Crippen molar-refractivity contribution in [2.75, 3.05) is 26.2 Å². The molecule has 0 amide bonds. The highest BCUT2D eigenvalue weighted by molar-refractivity contribution is 6.31. The summed E-state index contributed by atoms with van der Waals surface area (Å²) in [6.45, 7) is 5.20. The molecule has 0 bridgehead atoms. The minimum Gasteiger partial charge on any atom is -0.314 e. The molecule has 1 fully saturated rings. The lowest BCUT2D eigenvalue weighted by molar-refractivity contribution is 0.182. The second-order valence-electron chi connectivity index (χ2n) is 4.22. The monoisotopic (exact) mass is 260 g/mol. The Hall–Kier alpha value is -0.710. The average Bonchev–Trinajstić information content (AvgIpc) is 2.35. The van der Waals surface area contributed by atoms with Gasteiger partial charge in [-0.1, -0.05) is 11.6 Å². The number of piperazine rings is 1. The first-order valence-electron chi connectivity index (χ1n) is 5.69. The van der Waals surface area contributed by atoms with Crippen molar-refractivity contribution in [1.82, 2.24) is 10.2 Å². The Kier molecular flexibility index (Phi) is 3.97. The molecule has 1 aliphatic rings. The maximum atomic E-state index is 13.7. The summed E-state index contributed by atoms with van der Waals surface area (Å²) in [6, 6.07) is 1.99. The van der Waals surface area contributed by atoms with Gasteiger partial charge in [0, 0.05) is 37.8 Å². The summed E-state index contributed by atoms with van der Waals surface area (Å²) in [7, 11) is 0. The zero-order valence-electron chi connectivity index (χ0n) is 9.64. The zero-order chi connectivity index (χ0) is 12.4. The highest BCUT2D eigenvalue weighted by Gasteiger charge is 2.24. The largest absolute Gasteiger partial charge is 0.314 e. The molecule has 2 rings (SSSR count). The van der Waals surface area contributed by atoms with Gasteiger partial charge in [0.25, 0.3) is 0 Å². The van der Waals surface area contributed by atoms with Crippen LogP contribution in [-0.2, 0) is 0 Å². The van der Waals surface area contributed by atoms with Crippen molar-refractivity contribution in [2.45, 2.75) is 13.0 Å². The number of halogens is 3. The van der Waals surface area contributed by atoms with Crippen LogP contribution in [0.5, 0.6) is 0 Å². The number of hydrogen-bond donors (Lipinski definition) is 1. The fourth-order valence-electron chi connectivity index (χ4n) is 2.18. The van der Waals surface area contributed by atoms with E-state index in [0.717, 1.165) is 38.3 Å². The molecular formula is C12H15ClF2N2. The Morgan fingerprint density at radius 2 is 1.82 bits per heavy atom. The van der Waals surface area contributed by atoms with E-state index in [1.807, 2.05) is 6.92 Å². The molecule has 2 nitrogen and oxygen atoms in total. The molecule has 1 aromatic carbocycles. The first-order chi connectivity index (χ1) is 8.11. The van der Waals surface area contributed by atoms with E-state index in [4.69, 9.17) is 11.6 Å². The van der Waals surface area contributed by atoms with Crippen LogP contribution in [0.3, 0.4) is 0 Å². The topological polar surface area (TPSA) is 15.3 Å². The summed E-state index contributed by atoms with van der Waals surface area (Å²) in [5.41, 5.74) is 0.258. The average molecular weight is 261 g/mol. The standard InChI is InChI=1S/C12H15ClF2N2/c1-8(17-6-4-16-5-7-17)11-9(14)2-3-10(15)12(11)13/h2-3,8,16H,4-7H2,1H3/t8-/m1/s1. The van der Waals surface area contributed by atoms with Gasteiger partial charge >= 0.3 is 0 Å². The molecule has 0 spiro atoms. The highest BCUT2D eigenvalue weighted by Crippen LogP contribution is 2.31. The lowest BCUT2D eigenvalue weighted by atomic mass is 10.1. The fourth-order valence-corrected chi connectivity index (χ4v) is 2.49. The van der Waals surface area contributed by atoms with Crippen LogP contribution in [0.4, 0.5) is 8.78 Å². The second-order valence-corrected chi connectivity index (χ2v) is 4.60. The van der Waals surface area contributed by atoms with E-state index < -0.39 is 11.6 Å². The summed E-state index contributed by atoms with van der Waals surface area (Å²) in [5.74, 6) is -1.01. The van der Waals surface area contributed by atoms with Gasteiger partial charge in [0.15, 0.2) is 0 Å². The molecule has 1 heterocycles. The molecule has 94 valence electrons. The Morgan fingerprint density at radius 3 is 2.47 bits per heavy atom. The molecule has 1 N–H and O–H groups in total. The van der Waals surface area contributed by atoms with Gasteiger partial charge < -0.3 is 5.32 Å². The molecule has 1 saturated heterocycles. The summed E-state index contributed by atoms with van der Waals surface area (Å²) in [6.07, 6.45) is 0. The molecule has 0 saturated carbocycles. The zero-order valence-corrected chi connectivity index (χ0v) is 10.4. The summed E-state index contributed by atoms with van der Waals surface area (Å²) < 4.78 is 27.1. The third kappa shape index (κ3) is 2.59. The van der Waals surface area contributed by atoms with Gasteiger partial charge in [-0.2, -0.15) is 0 Å². The number of nitrogens with one attached hydrogen (secondary N) is 1. The van der Waals surface area contributed by atoms with Gasteiger partial charge in [-0.25, -0.2) is 8.78 Å². The summed E-state index contributed by atoms with van der Waals surface area (Å²) in [5, 5.41) is 3.12. The quantitative estimate of drug-likeness (QED) is 0.823. The number of hydrogen-bond acceptors (Lipinski definition) is 2. The van der Waals surface area contributed by atoms with E-state index in [1.54, 1.807) is 0 Å². The van der Waals surface area contributed by atoms with E-state index in [0.29, 0.717) is 0 Å². The minimum atomic E-state index is -0.565. The van der Waals surface area contributed by atoms with Crippen LogP contribution in [0.1, 0.15) is 18.5 Å². The van der Waals surface area contributed by atoms with Gasteiger partial charge in [0.1, 0.15) is 11.6 Å². The van der Waals surface area contributed by atoms with Gasteiger partial charge in [-0.15, -0.1) is 0 Å². The lowest BCUT2D eigenvalue weighted by Crippen LogP contribution is -2.44. The van der Waals surface area contributed by atoms with Crippen molar-refractivity contribution in [3.8, 4) is 0 Å². The normalized spacial score (nSPS) is 19.3. The third-order valence-electron chi connectivity index (χ3n) is 3.20. The molecule has 5 heteroatoms. The number of nitrogens with zero attached hydrogens (tertiary/aromatic N) is 1. The van der Waals surface area contributed by atoms with E-state index in [1.165, 1.54) is 0 Å². The van der Waals surface area contributed by atoms with Crippen molar-refractivity contribution in [3.05, 3.63) is 34.4 Å². The molecule has 17 heavy (non-hydrogen) atoms. The molecule has 0 unspecified atom stereocenters. The minimum absolute atomic E-state index is 0.101. The second kappa shape index (κ2) is 5.29. The summed E-state index contributed by atoms with van der Waals surface area (Å²) >= 11 is 5.86. The Morgan fingerprint density at radius 1 is 1.24 bits per heavy atom. The van der Waals surface area contributed by atoms with Crippen LogP contribution < -0.4 is 5.32 Å². The van der Waals surface area contributed by atoms with E-state index >= 15 is 0 Å². The maximum Gasteiger partial charge on any atom is 0.142 e. The third-order valence-corrected chi connectivity index (χ3v) is 3.58. The van der Waals surface area contributed by atoms with Gasteiger partial charge in [0.2, 0.25) is 0 Å². The van der Waals surface area contributed by atoms with E-state index in [-0.39, 0.29) is 16.6 Å². The van der Waals surface area contributed by atoms with Gasteiger partial charge in [-0.05, 0) is 19.1 Å².